The third-order valence-corrected chi connectivity index (χ3v) is 3.63. The first-order valence-electron chi connectivity index (χ1n) is 6.03. The molecule has 1 aromatic rings. The predicted octanol–water partition coefficient (Wildman–Crippen LogP) is 2.36. The average Bonchev–Trinajstić information content (AvgIpc) is 2.87. The number of aliphatic hydroxyl groups is 1. The Hall–Kier alpha value is -0.860. The number of benzene rings is 1. The SMILES string of the molecule is CC1(C)CC1CNCC(O)c1ccccc1. The lowest BCUT2D eigenvalue weighted by molar-refractivity contribution is 0.174. The Morgan fingerprint density at radius 2 is 2.00 bits per heavy atom. The Balaban J connectivity index is 1.71. The highest BCUT2D eigenvalue weighted by atomic mass is 16.3. The summed E-state index contributed by atoms with van der Waals surface area (Å²) in [6.45, 7) is 6.27. The van der Waals surface area contributed by atoms with E-state index in [1.165, 1.54) is 6.42 Å². The van der Waals surface area contributed by atoms with Crippen LogP contribution in [0.4, 0.5) is 0 Å². The van der Waals surface area contributed by atoms with Gasteiger partial charge in [0.05, 0.1) is 6.10 Å². The summed E-state index contributed by atoms with van der Waals surface area (Å²) >= 11 is 0. The summed E-state index contributed by atoms with van der Waals surface area (Å²) in [5, 5.41) is 13.3. The molecule has 1 aliphatic rings. The van der Waals surface area contributed by atoms with Crippen molar-refractivity contribution >= 4 is 0 Å². The maximum atomic E-state index is 9.92. The molecule has 0 saturated heterocycles. The van der Waals surface area contributed by atoms with Crippen molar-refractivity contribution in [3.8, 4) is 0 Å². The van der Waals surface area contributed by atoms with Crippen LogP contribution in [0.5, 0.6) is 0 Å². The van der Waals surface area contributed by atoms with Crippen LogP contribution < -0.4 is 5.32 Å². The van der Waals surface area contributed by atoms with Crippen molar-refractivity contribution in [2.45, 2.75) is 26.4 Å². The van der Waals surface area contributed by atoms with Crippen molar-refractivity contribution in [3.05, 3.63) is 35.9 Å². The van der Waals surface area contributed by atoms with Crippen LogP contribution in [-0.4, -0.2) is 18.2 Å². The van der Waals surface area contributed by atoms with Gasteiger partial charge in [-0.3, -0.25) is 0 Å². The lowest BCUT2D eigenvalue weighted by Gasteiger charge is -2.12. The molecule has 2 rings (SSSR count). The summed E-state index contributed by atoms with van der Waals surface area (Å²) in [5.41, 5.74) is 1.51. The van der Waals surface area contributed by atoms with Gasteiger partial charge in [0.15, 0.2) is 0 Å². The first-order chi connectivity index (χ1) is 7.59. The second kappa shape index (κ2) is 4.56. The molecule has 2 N–H and O–H groups in total. The lowest BCUT2D eigenvalue weighted by Crippen LogP contribution is -2.24. The molecular weight excluding hydrogens is 198 g/mol. The fourth-order valence-corrected chi connectivity index (χ4v) is 2.11. The molecule has 0 radical (unpaired) electrons. The molecule has 1 aromatic carbocycles. The maximum absolute atomic E-state index is 9.92. The van der Waals surface area contributed by atoms with E-state index in [0.29, 0.717) is 12.0 Å². The molecule has 1 aliphatic carbocycles. The number of nitrogens with one attached hydrogen (secondary N) is 1. The van der Waals surface area contributed by atoms with Crippen LogP contribution in [0.25, 0.3) is 0 Å². The minimum Gasteiger partial charge on any atom is -0.387 e. The van der Waals surface area contributed by atoms with Crippen LogP contribution >= 0.6 is 0 Å². The van der Waals surface area contributed by atoms with E-state index in [0.717, 1.165) is 18.0 Å². The summed E-state index contributed by atoms with van der Waals surface area (Å²) in [7, 11) is 0. The zero-order valence-electron chi connectivity index (χ0n) is 10.1. The van der Waals surface area contributed by atoms with Crippen LogP contribution in [0.15, 0.2) is 30.3 Å². The summed E-state index contributed by atoms with van der Waals surface area (Å²) in [4.78, 5) is 0. The molecule has 2 heteroatoms. The summed E-state index contributed by atoms with van der Waals surface area (Å²) < 4.78 is 0. The normalized spacial score (nSPS) is 24.1. The van der Waals surface area contributed by atoms with Crippen LogP contribution in [0, 0.1) is 11.3 Å². The number of hydrogen-bond donors (Lipinski definition) is 2. The van der Waals surface area contributed by atoms with E-state index in [4.69, 9.17) is 0 Å². The molecule has 88 valence electrons. The van der Waals surface area contributed by atoms with E-state index in [1.54, 1.807) is 0 Å². The van der Waals surface area contributed by atoms with Crippen molar-refractivity contribution in [1.29, 1.82) is 0 Å². The molecule has 2 atom stereocenters. The van der Waals surface area contributed by atoms with Crippen LogP contribution in [0.1, 0.15) is 31.9 Å². The van der Waals surface area contributed by atoms with E-state index >= 15 is 0 Å². The molecule has 1 fully saturated rings. The largest absolute Gasteiger partial charge is 0.387 e. The molecular formula is C14H21NO. The maximum Gasteiger partial charge on any atom is 0.0914 e. The smallest absolute Gasteiger partial charge is 0.0914 e. The van der Waals surface area contributed by atoms with Crippen molar-refractivity contribution in [3.63, 3.8) is 0 Å². The molecule has 1 saturated carbocycles. The number of rotatable bonds is 5. The third-order valence-electron chi connectivity index (χ3n) is 3.63. The highest BCUT2D eigenvalue weighted by Crippen LogP contribution is 2.50. The minimum absolute atomic E-state index is 0.386. The topological polar surface area (TPSA) is 32.3 Å². The van der Waals surface area contributed by atoms with Crippen molar-refractivity contribution in [1.82, 2.24) is 5.32 Å². The first-order valence-corrected chi connectivity index (χ1v) is 6.03. The molecule has 16 heavy (non-hydrogen) atoms. The lowest BCUT2D eigenvalue weighted by atomic mass is 10.1. The van der Waals surface area contributed by atoms with E-state index in [2.05, 4.69) is 19.2 Å². The van der Waals surface area contributed by atoms with Gasteiger partial charge in [0, 0.05) is 6.54 Å². The van der Waals surface area contributed by atoms with Gasteiger partial charge in [0.25, 0.3) is 0 Å². The van der Waals surface area contributed by atoms with Gasteiger partial charge in [-0.1, -0.05) is 44.2 Å². The van der Waals surface area contributed by atoms with Gasteiger partial charge < -0.3 is 10.4 Å². The Morgan fingerprint density at radius 3 is 2.56 bits per heavy atom. The standard InChI is InChI=1S/C14H21NO/c1-14(2)8-12(14)9-15-10-13(16)11-6-4-3-5-7-11/h3-7,12-13,15-16H,8-10H2,1-2H3. The van der Waals surface area contributed by atoms with E-state index in [1.807, 2.05) is 30.3 Å². The number of aliphatic hydroxyl groups excluding tert-OH is 1. The van der Waals surface area contributed by atoms with Crippen LogP contribution in [0.2, 0.25) is 0 Å². The molecule has 0 spiro atoms. The molecule has 0 bridgehead atoms. The molecule has 0 amide bonds. The molecule has 0 aromatic heterocycles. The Kier molecular flexibility index (Phi) is 3.31. The Morgan fingerprint density at radius 1 is 1.38 bits per heavy atom. The van der Waals surface area contributed by atoms with Gasteiger partial charge in [0.2, 0.25) is 0 Å². The zero-order valence-corrected chi connectivity index (χ0v) is 10.1. The van der Waals surface area contributed by atoms with Crippen molar-refractivity contribution in [2.24, 2.45) is 11.3 Å². The van der Waals surface area contributed by atoms with Gasteiger partial charge in [-0.25, -0.2) is 0 Å². The fraction of sp³-hybridized carbons (Fsp3) is 0.571. The second-order valence-corrected chi connectivity index (χ2v) is 5.47. The minimum atomic E-state index is -0.386. The van der Waals surface area contributed by atoms with Gasteiger partial charge >= 0.3 is 0 Å². The van der Waals surface area contributed by atoms with Gasteiger partial charge in [-0.15, -0.1) is 0 Å². The zero-order chi connectivity index (χ0) is 11.6. The summed E-state index contributed by atoms with van der Waals surface area (Å²) in [6.07, 6.45) is 0.921. The molecule has 0 heterocycles. The van der Waals surface area contributed by atoms with Crippen molar-refractivity contribution in [2.75, 3.05) is 13.1 Å². The predicted molar refractivity (Wildman–Crippen MR) is 66.2 cm³/mol. The Bertz CT molecular complexity index is 334. The highest BCUT2D eigenvalue weighted by molar-refractivity contribution is 5.17. The average molecular weight is 219 g/mol. The van der Waals surface area contributed by atoms with Gasteiger partial charge in [-0.2, -0.15) is 0 Å². The fourth-order valence-electron chi connectivity index (χ4n) is 2.11. The van der Waals surface area contributed by atoms with Crippen LogP contribution in [-0.2, 0) is 0 Å². The van der Waals surface area contributed by atoms with Gasteiger partial charge in [0.1, 0.15) is 0 Å². The second-order valence-electron chi connectivity index (χ2n) is 5.47. The first kappa shape index (κ1) is 11.6. The van der Waals surface area contributed by atoms with E-state index in [9.17, 15) is 5.11 Å². The molecule has 0 aliphatic heterocycles. The monoisotopic (exact) mass is 219 g/mol. The van der Waals surface area contributed by atoms with Gasteiger partial charge in [-0.05, 0) is 29.9 Å². The Labute approximate surface area is 97.7 Å². The molecule has 2 nitrogen and oxygen atoms in total. The van der Waals surface area contributed by atoms with Crippen LogP contribution in [0.3, 0.4) is 0 Å². The van der Waals surface area contributed by atoms with E-state index < -0.39 is 0 Å². The van der Waals surface area contributed by atoms with E-state index in [-0.39, 0.29) is 6.10 Å². The highest BCUT2D eigenvalue weighted by Gasteiger charge is 2.44. The van der Waals surface area contributed by atoms with Crippen molar-refractivity contribution < 1.29 is 5.11 Å². The molecule has 2 unspecified atom stereocenters. The summed E-state index contributed by atoms with van der Waals surface area (Å²) in [5.74, 6) is 0.787. The third kappa shape index (κ3) is 2.83. The summed E-state index contributed by atoms with van der Waals surface area (Å²) in [6, 6.07) is 9.82. The number of hydrogen-bond acceptors (Lipinski definition) is 2. The quantitative estimate of drug-likeness (QED) is 0.796.